The van der Waals surface area contributed by atoms with E-state index in [1.54, 1.807) is 24.3 Å². The molecule has 0 aliphatic heterocycles. The molecule has 0 fully saturated rings. The number of rotatable bonds is 8. The maximum absolute atomic E-state index is 12.3. The van der Waals surface area contributed by atoms with Gasteiger partial charge in [0.05, 0.1) is 18.8 Å². The minimum Gasteiger partial charge on any atom is -0.493 e. The third-order valence-electron chi connectivity index (χ3n) is 4.83. The number of methoxy groups -OCH3 is 1. The number of hydrogen-bond acceptors (Lipinski definition) is 5. The zero-order valence-electron chi connectivity index (χ0n) is 18.4. The van der Waals surface area contributed by atoms with E-state index in [0.29, 0.717) is 23.0 Å². The van der Waals surface area contributed by atoms with Crippen molar-refractivity contribution in [3.05, 3.63) is 89.5 Å². The summed E-state index contributed by atoms with van der Waals surface area (Å²) >= 11 is 0. The number of hydrogen-bond donors (Lipinski definition) is 0. The van der Waals surface area contributed by atoms with E-state index < -0.39 is 5.97 Å². The number of allylic oxidation sites excluding steroid dienone is 1. The SMILES string of the molecule is COc1cc(/C=C(\C#N)c2ccccc2)ccc1OC(=O)COc1ccc(C(C)C)cc1. The van der Waals surface area contributed by atoms with Crippen LogP contribution < -0.4 is 14.2 Å². The van der Waals surface area contributed by atoms with Crippen LogP contribution in [0.3, 0.4) is 0 Å². The number of carbonyl (C=O) groups is 1. The Kier molecular flexibility index (Phi) is 7.66. The molecule has 5 heteroatoms. The van der Waals surface area contributed by atoms with Gasteiger partial charge >= 0.3 is 5.97 Å². The molecule has 3 aromatic carbocycles. The molecule has 0 N–H and O–H groups in total. The fourth-order valence-corrected chi connectivity index (χ4v) is 3.07. The van der Waals surface area contributed by atoms with Crippen LogP contribution in [-0.4, -0.2) is 19.7 Å². The first-order valence-corrected chi connectivity index (χ1v) is 10.3. The third-order valence-corrected chi connectivity index (χ3v) is 4.83. The highest BCUT2D eigenvalue weighted by Crippen LogP contribution is 2.30. The van der Waals surface area contributed by atoms with Gasteiger partial charge in [-0.3, -0.25) is 0 Å². The molecule has 0 unspecified atom stereocenters. The van der Waals surface area contributed by atoms with Crippen molar-refractivity contribution < 1.29 is 19.0 Å². The van der Waals surface area contributed by atoms with Gasteiger partial charge in [0.25, 0.3) is 0 Å². The van der Waals surface area contributed by atoms with E-state index in [4.69, 9.17) is 14.2 Å². The highest BCUT2D eigenvalue weighted by molar-refractivity contribution is 5.89. The Labute approximate surface area is 188 Å². The van der Waals surface area contributed by atoms with Crippen molar-refractivity contribution in [1.82, 2.24) is 0 Å². The Morgan fingerprint density at radius 1 is 1.00 bits per heavy atom. The fourth-order valence-electron chi connectivity index (χ4n) is 3.07. The molecule has 0 bridgehead atoms. The molecule has 0 saturated heterocycles. The van der Waals surface area contributed by atoms with Gasteiger partial charge in [0.15, 0.2) is 18.1 Å². The molecule has 3 rings (SSSR count). The van der Waals surface area contributed by atoms with Crippen molar-refractivity contribution in [1.29, 1.82) is 5.26 Å². The van der Waals surface area contributed by atoms with Crippen molar-refractivity contribution in [2.24, 2.45) is 0 Å². The molecule has 3 aromatic rings. The van der Waals surface area contributed by atoms with E-state index in [1.165, 1.54) is 12.7 Å². The van der Waals surface area contributed by atoms with Gasteiger partial charge in [-0.1, -0.05) is 62.4 Å². The standard InChI is InChI=1S/C27H25NO4/c1-19(2)21-10-12-24(13-11-21)31-18-27(29)32-25-14-9-20(16-26(25)30-3)15-23(17-28)22-7-5-4-6-8-22/h4-16,19H,18H2,1-3H3/b23-15+. The number of ether oxygens (including phenoxy) is 3. The summed E-state index contributed by atoms with van der Waals surface area (Å²) in [5.41, 5.74) is 3.30. The number of benzene rings is 3. The second-order valence-corrected chi connectivity index (χ2v) is 7.43. The Morgan fingerprint density at radius 3 is 2.34 bits per heavy atom. The van der Waals surface area contributed by atoms with Gasteiger partial charge in [-0.15, -0.1) is 0 Å². The summed E-state index contributed by atoms with van der Waals surface area (Å²) in [6.07, 6.45) is 1.76. The first-order valence-electron chi connectivity index (χ1n) is 10.3. The molecule has 162 valence electrons. The average Bonchev–Trinajstić information content (AvgIpc) is 2.82. The van der Waals surface area contributed by atoms with Gasteiger partial charge in [-0.25, -0.2) is 4.79 Å². The molecule has 0 radical (unpaired) electrons. The molecule has 0 aromatic heterocycles. The lowest BCUT2D eigenvalue weighted by atomic mass is 10.0. The van der Waals surface area contributed by atoms with E-state index >= 15 is 0 Å². The normalized spacial score (nSPS) is 11.0. The Hall–Kier alpha value is -4.04. The molecule has 0 saturated carbocycles. The average molecular weight is 428 g/mol. The number of nitriles is 1. The number of carbonyl (C=O) groups excluding carboxylic acids is 1. The molecular weight excluding hydrogens is 402 g/mol. The third kappa shape index (κ3) is 5.99. The lowest BCUT2D eigenvalue weighted by Gasteiger charge is -2.11. The lowest BCUT2D eigenvalue weighted by molar-refractivity contribution is -0.136. The predicted octanol–water partition coefficient (Wildman–Crippen LogP) is 5.87. The van der Waals surface area contributed by atoms with E-state index in [2.05, 4.69) is 19.9 Å². The number of esters is 1. The molecule has 0 atom stereocenters. The smallest absolute Gasteiger partial charge is 0.349 e. The quantitative estimate of drug-likeness (QED) is 0.195. The van der Waals surface area contributed by atoms with Crippen LogP contribution in [0.2, 0.25) is 0 Å². The van der Waals surface area contributed by atoms with Gasteiger partial charge in [-0.05, 0) is 52.9 Å². The van der Waals surface area contributed by atoms with Crippen LogP contribution in [-0.2, 0) is 4.79 Å². The van der Waals surface area contributed by atoms with Gasteiger partial charge in [0, 0.05) is 0 Å². The van der Waals surface area contributed by atoms with Gasteiger partial charge in [0.2, 0.25) is 0 Å². The van der Waals surface area contributed by atoms with Crippen molar-refractivity contribution in [2.75, 3.05) is 13.7 Å². The highest BCUT2D eigenvalue weighted by Gasteiger charge is 2.12. The van der Waals surface area contributed by atoms with Crippen molar-refractivity contribution in [2.45, 2.75) is 19.8 Å². The monoisotopic (exact) mass is 427 g/mol. The second-order valence-electron chi connectivity index (χ2n) is 7.43. The van der Waals surface area contributed by atoms with Crippen molar-refractivity contribution >= 4 is 17.6 Å². The van der Waals surface area contributed by atoms with E-state index in [0.717, 1.165) is 11.1 Å². The molecule has 5 nitrogen and oxygen atoms in total. The summed E-state index contributed by atoms with van der Waals surface area (Å²) in [6.45, 7) is 4.01. The second kappa shape index (κ2) is 10.8. The summed E-state index contributed by atoms with van der Waals surface area (Å²) in [5, 5.41) is 9.50. The maximum Gasteiger partial charge on any atom is 0.349 e. The lowest BCUT2D eigenvalue weighted by Crippen LogP contribution is -2.18. The number of nitrogens with zero attached hydrogens (tertiary/aromatic N) is 1. The molecular formula is C27H25NO4. The minimum absolute atomic E-state index is 0.224. The Bertz CT molecular complexity index is 1130. The first kappa shape index (κ1) is 22.6. The van der Waals surface area contributed by atoms with Gasteiger partial charge in [-0.2, -0.15) is 5.26 Å². The molecule has 0 heterocycles. The van der Waals surface area contributed by atoms with Gasteiger partial charge < -0.3 is 14.2 Å². The molecule has 0 aliphatic carbocycles. The minimum atomic E-state index is -0.540. The summed E-state index contributed by atoms with van der Waals surface area (Å²) in [4.78, 5) is 12.3. The van der Waals surface area contributed by atoms with Crippen LogP contribution in [0.15, 0.2) is 72.8 Å². The van der Waals surface area contributed by atoms with Gasteiger partial charge in [0.1, 0.15) is 5.75 Å². The zero-order chi connectivity index (χ0) is 22.9. The van der Waals surface area contributed by atoms with E-state index in [9.17, 15) is 10.1 Å². The van der Waals surface area contributed by atoms with Crippen LogP contribution in [0, 0.1) is 11.3 Å². The maximum atomic E-state index is 12.3. The molecule has 32 heavy (non-hydrogen) atoms. The summed E-state index contributed by atoms with van der Waals surface area (Å²) < 4.78 is 16.3. The van der Waals surface area contributed by atoms with Crippen LogP contribution in [0.1, 0.15) is 36.5 Å². The van der Waals surface area contributed by atoms with Crippen molar-refractivity contribution in [3.8, 4) is 23.3 Å². The van der Waals surface area contributed by atoms with E-state index in [1.807, 2.05) is 54.6 Å². The zero-order valence-corrected chi connectivity index (χ0v) is 18.4. The molecule has 0 aliphatic rings. The van der Waals surface area contributed by atoms with Crippen LogP contribution in [0.4, 0.5) is 0 Å². The van der Waals surface area contributed by atoms with Crippen molar-refractivity contribution in [3.63, 3.8) is 0 Å². The Morgan fingerprint density at radius 2 is 1.72 bits per heavy atom. The summed E-state index contributed by atoms with van der Waals surface area (Å²) in [5.74, 6) is 1.16. The predicted molar refractivity (Wildman–Crippen MR) is 125 cm³/mol. The van der Waals surface area contributed by atoms with Crippen LogP contribution in [0.25, 0.3) is 11.6 Å². The van der Waals surface area contributed by atoms with E-state index in [-0.39, 0.29) is 12.4 Å². The van der Waals surface area contributed by atoms with Crippen LogP contribution in [0.5, 0.6) is 17.2 Å². The summed E-state index contributed by atoms with van der Waals surface area (Å²) in [7, 11) is 1.50. The Balaban J connectivity index is 1.67. The summed E-state index contributed by atoms with van der Waals surface area (Å²) in [6, 6.07) is 24.4. The highest BCUT2D eigenvalue weighted by atomic mass is 16.6. The van der Waals surface area contributed by atoms with Crippen LogP contribution >= 0.6 is 0 Å². The molecule has 0 amide bonds. The molecule has 0 spiro atoms. The fraction of sp³-hybridized carbons (Fsp3) is 0.185. The topological polar surface area (TPSA) is 68.5 Å². The first-order chi connectivity index (χ1) is 15.5. The largest absolute Gasteiger partial charge is 0.493 e.